The highest BCUT2D eigenvalue weighted by Gasteiger charge is 2.17. The van der Waals surface area contributed by atoms with Gasteiger partial charge in [0.1, 0.15) is 5.82 Å². The molecular weight excluding hydrogens is 207 g/mol. The minimum absolute atomic E-state index is 0.165. The van der Waals surface area contributed by atoms with Crippen molar-refractivity contribution in [2.75, 3.05) is 24.6 Å². The van der Waals surface area contributed by atoms with E-state index in [0.29, 0.717) is 13.0 Å². The second-order valence-corrected chi connectivity index (χ2v) is 4.05. The SMILES string of the molecule is NOCCc1c(F)cccc1N1CCCC1. The monoisotopic (exact) mass is 224 g/mol. The number of hydrogen-bond acceptors (Lipinski definition) is 3. The van der Waals surface area contributed by atoms with Crippen LogP contribution in [0.15, 0.2) is 18.2 Å². The van der Waals surface area contributed by atoms with Crippen LogP contribution in [-0.2, 0) is 11.3 Å². The van der Waals surface area contributed by atoms with Crippen LogP contribution in [0.3, 0.4) is 0 Å². The molecule has 2 N–H and O–H groups in total. The first-order valence-corrected chi connectivity index (χ1v) is 5.67. The van der Waals surface area contributed by atoms with E-state index in [9.17, 15) is 4.39 Å². The van der Waals surface area contributed by atoms with Crippen LogP contribution in [-0.4, -0.2) is 19.7 Å². The van der Waals surface area contributed by atoms with Crippen molar-refractivity contribution >= 4 is 5.69 Å². The zero-order valence-corrected chi connectivity index (χ0v) is 9.29. The normalized spacial score (nSPS) is 15.8. The van der Waals surface area contributed by atoms with Crippen LogP contribution < -0.4 is 10.8 Å². The summed E-state index contributed by atoms with van der Waals surface area (Å²) in [6.45, 7) is 2.38. The predicted molar refractivity (Wildman–Crippen MR) is 61.7 cm³/mol. The molecule has 2 rings (SSSR count). The van der Waals surface area contributed by atoms with Crippen molar-refractivity contribution in [2.45, 2.75) is 19.3 Å². The molecular formula is C12H17FN2O. The van der Waals surface area contributed by atoms with Gasteiger partial charge in [0.15, 0.2) is 0 Å². The Balaban J connectivity index is 2.24. The quantitative estimate of drug-likeness (QED) is 0.793. The zero-order chi connectivity index (χ0) is 11.4. The molecule has 0 aliphatic carbocycles. The van der Waals surface area contributed by atoms with Gasteiger partial charge in [-0.15, -0.1) is 0 Å². The van der Waals surface area contributed by atoms with E-state index in [2.05, 4.69) is 9.74 Å². The minimum atomic E-state index is -0.165. The fraction of sp³-hybridized carbons (Fsp3) is 0.500. The standard InChI is InChI=1S/C12H17FN2O/c13-11-4-3-5-12(10(11)6-9-16-14)15-7-1-2-8-15/h3-5H,1-2,6-9,14H2. The van der Waals surface area contributed by atoms with Crippen LogP contribution in [0.25, 0.3) is 0 Å². The highest BCUT2D eigenvalue weighted by molar-refractivity contribution is 5.55. The summed E-state index contributed by atoms with van der Waals surface area (Å²) >= 11 is 0. The zero-order valence-electron chi connectivity index (χ0n) is 9.29. The van der Waals surface area contributed by atoms with Gasteiger partial charge in [-0.1, -0.05) is 6.07 Å². The van der Waals surface area contributed by atoms with Gasteiger partial charge >= 0.3 is 0 Å². The number of nitrogens with zero attached hydrogens (tertiary/aromatic N) is 1. The lowest BCUT2D eigenvalue weighted by molar-refractivity contribution is 0.140. The lowest BCUT2D eigenvalue weighted by Gasteiger charge is -2.21. The maximum absolute atomic E-state index is 13.7. The van der Waals surface area contributed by atoms with Gasteiger partial charge in [-0.3, -0.25) is 0 Å². The molecule has 0 unspecified atom stereocenters. The van der Waals surface area contributed by atoms with Gasteiger partial charge < -0.3 is 9.74 Å². The number of halogens is 1. The van der Waals surface area contributed by atoms with Gasteiger partial charge in [0.05, 0.1) is 6.61 Å². The predicted octanol–water partition coefficient (Wildman–Crippen LogP) is 1.86. The Morgan fingerprint density at radius 2 is 2.06 bits per heavy atom. The third-order valence-corrected chi connectivity index (χ3v) is 3.01. The van der Waals surface area contributed by atoms with Crippen molar-refractivity contribution in [2.24, 2.45) is 5.90 Å². The van der Waals surface area contributed by atoms with Crippen LogP contribution in [0.2, 0.25) is 0 Å². The number of nitrogens with two attached hydrogens (primary N) is 1. The highest BCUT2D eigenvalue weighted by atomic mass is 19.1. The van der Waals surface area contributed by atoms with Crippen LogP contribution in [0.5, 0.6) is 0 Å². The molecule has 1 aliphatic heterocycles. The Morgan fingerprint density at radius 3 is 2.75 bits per heavy atom. The summed E-state index contributed by atoms with van der Waals surface area (Å²) < 4.78 is 13.7. The maximum atomic E-state index is 13.7. The summed E-state index contributed by atoms with van der Waals surface area (Å²) in [4.78, 5) is 6.76. The van der Waals surface area contributed by atoms with E-state index in [1.807, 2.05) is 6.07 Å². The molecule has 1 aromatic rings. The fourth-order valence-electron chi connectivity index (χ4n) is 2.21. The molecule has 0 bridgehead atoms. The van der Waals surface area contributed by atoms with Crippen molar-refractivity contribution in [3.05, 3.63) is 29.6 Å². The Morgan fingerprint density at radius 1 is 1.31 bits per heavy atom. The van der Waals surface area contributed by atoms with E-state index in [1.54, 1.807) is 6.07 Å². The van der Waals surface area contributed by atoms with Crippen LogP contribution in [0, 0.1) is 5.82 Å². The molecule has 0 amide bonds. The first kappa shape index (κ1) is 11.4. The average Bonchev–Trinajstić information content (AvgIpc) is 2.80. The molecule has 3 nitrogen and oxygen atoms in total. The summed E-state index contributed by atoms with van der Waals surface area (Å²) in [6, 6.07) is 5.22. The number of rotatable bonds is 4. The lowest BCUT2D eigenvalue weighted by atomic mass is 10.1. The van der Waals surface area contributed by atoms with E-state index in [1.165, 1.54) is 18.9 Å². The number of anilines is 1. The molecule has 0 aromatic heterocycles. The summed E-state index contributed by atoms with van der Waals surface area (Å²) in [5, 5.41) is 0. The molecule has 1 saturated heterocycles. The first-order chi connectivity index (χ1) is 7.83. The van der Waals surface area contributed by atoms with Crippen molar-refractivity contribution in [1.82, 2.24) is 0 Å². The second-order valence-electron chi connectivity index (χ2n) is 4.05. The first-order valence-electron chi connectivity index (χ1n) is 5.67. The Hall–Kier alpha value is -1.13. The van der Waals surface area contributed by atoms with E-state index < -0.39 is 0 Å². The second kappa shape index (κ2) is 5.27. The van der Waals surface area contributed by atoms with Crippen LogP contribution in [0.1, 0.15) is 18.4 Å². The Kier molecular flexibility index (Phi) is 3.74. The third kappa shape index (κ3) is 2.33. The molecule has 0 saturated carbocycles. The molecule has 88 valence electrons. The summed E-state index contributed by atoms with van der Waals surface area (Å²) in [7, 11) is 0. The fourth-order valence-corrected chi connectivity index (χ4v) is 2.21. The van der Waals surface area contributed by atoms with Gasteiger partial charge in [-0.25, -0.2) is 10.3 Å². The molecule has 1 fully saturated rings. The van der Waals surface area contributed by atoms with Gasteiger partial charge in [-0.2, -0.15) is 0 Å². The topological polar surface area (TPSA) is 38.5 Å². The molecule has 1 heterocycles. The largest absolute Gasteiger partial charge is 0.371 e. The number of benzene rings is 1. The van der Waals surface area contributed by atoms with E-state index in [4.69, 9.17) is 5.90 Å². The van der Waals surface area contributed by atoms with Crippen molar-refractivity contribution in [3.63, 3.8) is 0 Å². The van der Waals surface area contributed by atoms with Crippen LogP contribution in [0.4, 0.5) is 10.1 Å². The number of hydrogen-bond donors (Lipinski definition) is 1. The van der Waals surface area contributed by atoms with Gasteiger partial charge in [0.2, 0.25) is 0 Å². The molecule has 16 heavy (non-hydrogen) atoms. The summed E-state index contributed by atoms with van der Waals surface area (Å²) in [6.07, 6.45) is 2.89. The Labute approximate surface area is 94.9 Å². The van der Waals surface area contributed by atoms with Crippen LogP contribution >= 0.6 is 0 Å². The van der Waals surface area contributed by atoms with E-state index >= 15 is 0 Å². The highest BCUT2D eigenvalue weighted by Crippen LogP contribution is 2.26. The van der Waals surface area contributed by atoms with Crippen molar-refractivity contribution in [3.8, 4) is 0 Å². The van der Waals surface area contributed by atoms with Gasteiger partial charge in [0.25, 0.3) is 0 Å². The van der Waals surface area contributed by atoms with Crippen molar-refractivity contribution < 1.29 is 9.23 Å². The van der Waals surface area contributed by atoms with E-state index in [-0.39, 0.29) is 5.82 Å². The van der Waals surface area contributed by atoms with Gasteiger partial charge in [-0.05, 0) is 25.0 Å². The molecule has 1 aromatic carbocycles. The molecule has 1 aliphatic rings. The summed E-state index contributed by atoms with van der Waals surface area (Å²) in [5.74, 6) is 4.83. The maximum Gasteiger partial charge on any atom is 0.128 e. The van der Waals surface area contributed by atoms with Crippen molar-refractivity contribution in [1.29, 1.82) is 0 Å². The average molecular weight is 224 g/mol. The molecule has 4 heteroatoms. The van der Waals surface area contributed by atoms with E-state index in [0.717, 1.165) is 24.3 Å². The smallest absolute Gasteiger partial charge is 0.128 e. The minimum Gasteiger partial charge on any atom is -0.371 e. The molecule has 0 radical (unpaired) electrons. The Bertz CT molecular complexity index is 351. The third-order valence-electron chi connectivity index (χ3n) is 3.01. The molecule has 0 spiro atoms. The lowest BCUT2D eigenvalue weighted by Crippen LogP contribution is -2.20. The summed E-state index contributed by atoms with van der Waals surface area (Å²) in [5.41, 5.74) is 1.71. The molecule has 0 atom stereocenters. The van der Waals surface area contributed by atoms with Gasteiger partial charge in [0, 0.05) is 30.8 Å².